The van der Waals surface area contributed by atoms with Gasteiger partial charge in [0.05, 0.1) is 13.2 Å². The van der Waals surface area contributed by atoms with Gasteiger partial charge >= 0.3 is 0 Å². The zero-order valence-electron chi connectivity index (χ0n) is 13.4. The van der Waals surface area contributed by atoms with Crippen molar-refractivity contribution >= 4 is 0 Å². The first kappa shape index (κ1) is 15.1. The van der Waals surface area contributed by atoms with Gasteiger partial charge in [0, 0.05) is 0 Å². The van der Waals surface area contributed by atoms with Crippen LogP contribution in [0.1, 0.15) is 57.9 Å². The molecule has 0 unspecified atom stereocenters. The number of rotatable bonds is 6. The number of hydrogen-bond donors (Lipinski definition) is 0. The van der Waals surface area contributed by atoms with Gasteiger partial charge < -0.3 is 9.47 Å². The van der Waals surface area contributed by atoms with Crippen LogP contribution in [-0.2, 0) is 16.1 Å². The molecule has 3 rings (SSSR count). The van der Waals surface area contributed by atoms with Crippen molar-refractivity contribution in [3.05, 3.63) is 35.9 Å². The summed E-state index contributed by atoms with van der Waals surface area (Å²) < 4.78 is 12.3. The van der Waals surface area contributed by atoms with E-state index in [9.17, 15) is 0 Å². The minimum atomic E-state index is -0.0379. The predicted molar refractivity (Wildman–Crippen MR) is 85.2 cm³/mol. The van der Waals surface area contributed by atoms with Gasteiger partial charge in [0.2, 0.25) is 0 Å². The van der Waals surface area contributed by atoms with Crippen LogP contribution in [0.4, 0.5) is 0 Å². The van der Waals surface area contributed by atoms with E-state index in [-0.39, 0.29) is 11.2 Å². The molecule has 2 heteroatoms. The summed E-state index contributed by atoms with van der Waals surface area (Å²) in [5, 5.41) is 0. The fourth-order valence-corrected chi connectivity index (χ4v) is 4.10. The highest BCUT2D eigenvalue weighted by molar-refractivity contribution is 5.17. The lowest BCUT2D eigenvalue weighted by Crippen LogP contribution is -2.35. The van der Waals surface area contributed by atoms with E-state index in [0.717, 1.165) is 18.9 Å². The Kier molecular flexibility index (Phi) is 4.37. The average molecular weight is 288 g/mol. The first-order valence-electron chi connectivity index (χ1n) is 8.52. The van der Waals surface area contributed by atoms with Crippen LogP contribution < -0.4 is 0 Å². The van der Waals surface area contributed by atoms with Gasteiger partial charge in [-0.2, -0.15) is 0 Å². The van der Waals surface area contributed by atoms with Gasteiger partial charge in [-0.15, -0.1) is 0 Å². The van der Waals surface area contributed by atoms with E-state index in [1.165, 1.54) is 37.7 Å². The molecule has 1 aromatic carbocycles. The van der Waals surface area contributed by atoms with Gasteiger partial charge in [-0.3, -0.25) is 0 Å². The van der Waals surface area contributed by atoms with Crippen LogP contribution in [0.5, 0.6) is 0 Å². The monoisotopic (exact) mass is 288 g/mol. The van der Waals surface area contributed by atoms with E-state index in [1.807, 2.05) is 6.07 Å². The minimum Gasteiger partial charge on any atom is -0.374 e. The number of ether oxygens (including phenoxy) is 2. The fraction of sp³-hybridized carbons (Fsp3) is 0.684. The SMILES string of the molecule is CC[C@@]1(COCc2ccccc2)O[C@]1(C)C1CCCCC1. The van der Waals surface area contributed by atoms with E-state index < -0.39 is 0 Å². The molecule has 0 amide bonds. The number of epoxide rings is 1. The minimum absolute atomic E-state index is 0.0379. The second kappa shape index (κ2) is 6.10. The van der Waals surface area contributed by atoms with Gasteiger partial charge in [-0.05, 0) is 37.7 Å². The molecule has 0 spiro atoms. The summed E-state index contributed by atoms with van der Waals surface area (Å²) in [6.45, 7) is 5.97. The van der Waals surface area contributed by atoms with Crippen molar-refractivity contribution < 1.29 is 9.47 Å². The summed E-state index contributed by atoms with van der Waals surface area (Å²) in [7, 11) is 0. The molecule has 0 aromatic heterocycles. The molecular weight excluding hydrogens is 260 g/mol. The molecule has 2 aliphatic rings. The highest BCUT2D eigenvalue weighted by Crippen LogP contribution is 2.58. The topological polar surface area (TPSA) is 21.8 Å². The Morgan fingerprint density at radius 3 is 2.52 bits per heavy atom. The Morgan fingerprint density at radius 1 is 1.14 bits per heavy atom. The van der Waals surface area contributed by atoms with Crippen LogP contribution in [0.3, 0.4) is 0 Å². The lowest BCUT2D eigenvalue weighted by atomic mass is 9.74. The molecular formula is C19H28O2. The Morgan fingerprint density at radius 2 is 1.86 bits per heavy atom. The third-order valence-electron chi connectivity index (χ3n) is 5.67. The van der Waals surface area contributed by atoms with Crippen LogP contribution in [0, 0.1) is 5.92 Å². The maximum atomic E-state index is 6.29. The second-order valence-corrected chi connectivity index (χ2v) is 6.87. The van der Waals surface area contributed by atoms with Gasteiger partial charge in [-0.1, -0.05) is 56.5 Å². The molecule has 1 heterocycles. The normalized spacial score (nSPS) is 33.0. The molecule has 21 heavy (non-hydrogen) atoms. The van der Waals surface area contributed by atoms with Crippen LogP contribution in [-0.4, -0.2) is 17.8 Å². The second-order valence-electron chi connectivity index (χ2n) is 6.87. The highest BCUT2D eigenvalue weighted by atomic mass is 16.7. The lowest BCUT2D eigenvalue weighted by molar-refractivity contribution is 0.0661. The Hall–Kier alpha value is -0.860. The third-order valence-corrected chi connectivity index (χ3v) is 5.67. The molecule has 2 fully saturated rings. The molecule has 0 N–H and O–H groups in total. The first-order chi connectivity index (χ1) is 10.2. The standard InChI is InChI=1S/C19H28O2/c1-3-19(15-20-14-16-10-6-4-7-11-16)18(2,21-19)17-12-8-5-9-13-17/h4,6-7,10-11,17H,3,5,8-9,12-15H2,1-2H3/t18-,19+/m1/s1. The maximum absolute atomic E-state index is 6.29. The lowest BCUT2D eigenvalue weighted by Gasteiger charge is -2.28. The van der Waals surface area contributed by atoms with Crippen molar-refractivity contribution in [2.75, 3.05) is 6.61 Å². The number of hydrogen-bond acceptors (Lipinski definition) is 2. The zero-order valence-corrected chi connectivity index (χ0v) is 13.4. The van der Waals surface area contributed by atoms with Crippen molar-refractivity contribution in [1.82, 2.24) is 0 Å². The molecule has 1 aliphatic carbocycles. The highest BCUT2D eigenvalue weighted by Gasteiger charge is 2.68. The van der Waals surface area contributed by atoms with Gasteiger partial charge in [0.1, 0.15) is 11.2 Å². The zero-order chi connectivity index (χ0) is 14.8. The molecule has 1 saturated heterocycles. The molecule has 1 saturated carbocycles. The quantitative estimate of drug-likeness (QED) is 0.706. The van der Waals surface area contributed by atoms with Gasteiger partial charge in [0.25, 0.3) is 0 Å². The Bertz CT molecular complexity index is 452. The molecule has 2 atom stereocenters. The van der Waals surface area contributed by atoms with Crippen molar-refractivity contribution in [1.29, 1.82) is 0 Å². The van der Waals surface area contributed by atoms with Gasteiger partial charge in [-0.25, -0.2) is 0 Å². The van der Waals surface area contributed by atoms with Gasteiger partial charge in [0.15, 0.2) is 0 Å². The molecule has 0 bridgehead atoms. The summed E-state index contributed by atoms with van der Waals surface area (Å²) in [6.07, 6.45) is 7.85. The van der Waals surface area contributed by atoms with Crippen LogP contribution in [0.2, 0.25) is 0 Å². The van der Waals surface area contributed by atoms with Crippen molar-refractivity contribution in [2.24, 2.45) is 5.92 Å². The number of benzene rings is 1. The van der Waals surface area contributed by atoms with Crippen molar-refractivity contribution in [3.63, 3.8) is 0 Å². The molecule has 2 nitrogen and oxygen atoms in total. The Labute approximate surface area is 128 Å². The largest absolute Gasteiger partial charge is 0.374 e. The molecule has 1 aliphatic heterocycles. The molecule has 1 aromatic rings. The van der Waals surface area contributed by atoms with Crippen LogP contribution >= 0.6 is 0 Å². The summed E-state index contributed by atoms with van der Waals surface area (Å²) in [6, 6.07) is 10.4. The van der Waals surface area contributed by atoms with E-state index in [2.05, 4.69) is 38.1 Å². The first-order valence-corrected chi connectivity index (χ1v) is 8.52. The summed E-state index contributed by atoms with van der Waals surface area (Å²) in [5.74, 6) is 0.728. The van der Waals surface area contributed by atoms with E-state index in [0.29, 0.717) is 6.61 Å². The van der Waals surface area contributed by atoms with Crippen LogP contribution in [0.25, 0.3) is 0 Å². The fourth-order valence-electron chi connectivity index (χ4n) is 4.10. The summed E-state index contributed by atoms with van der Waals surface area (Å²) in [5.41, 5.74) is 1.26. The van der Waals surface area contributed by atoms with Crippen molar-refractivity contribution in [2.45, 2.75) is 70.2 Å². The molecule has 116 valence electrons. The van der Waals surface area contributed by atoms with E-state index in [1.54, 1.807) is 0 Å². The van der Waals surface area contributed by atoms with E-state index in [4.69, 9.17) is 9.47 Å². The predicted octanol–water partition coefficient (Wildman–Crippen LogP) is 4.72. The smallest absolute Gasteiger partial charge is 0.121 e. The summed E-state index contributed by atoms with van der Waals surface area (Å²) >= 11 is 0. The molecule has 0 radical (unpaired) electrons. The van der Waals surface area contributed by atoms with Crippen LogP contribution in [0.15, 0.2) is 30.3 Å². The third kappa shape index (κ3) is 2.89. The Balaban J connectivity index is 1.56. The average Bonchev–Trinajstić information content (AvgIpc) is 3.16. The van der Waals surface area contributed by atoms with Crippen molar-refractivity contribution in [3.8, 4) is 0 Å². The summed E-state index contributed by atoms with van der Waals surface area (Å²) in [4.78, 5) is 0. The maximum Gasteiger partial charge on any atom is 0.121 e. The van der Waals surface area contributed by atoms with E-state index >= 15 is 0 Å².